The number of amides is 2. The number of para-hydroxylation sites is 1. The normalized spacial score (nSPS) is 14.3. The van der Waals surface area contributed by atoms with Crippen molar-refractivity contribution in [3.63, 3.8) is 0 Å². The van der Waals surface area contributed by atoms with Crippen LogP contribution in [0.5, 0.6) is 0 Å². The number of carbonyl (C=O) groups is 2. The first-order chi connectivity index (χ1) is 14.5. The number of thioether (sulfide) groups is 1. The molecule has 2 heterocycles. The first kappa shape index (κ1) is 21.1. The molecule has 0 radical (unpaired) electrons. The van der Waals surface area contributed by atoms with E-state index in [1.807, 2.05) is 24.3 Å². The summed E-state index contributed by atoms with van der Waals surface area (Å²) >= 11 is 9.20. The van der Waals surface area contributed by atoms with E-state index in [0.29, 0.717) is 37.7 Å². The number of rotatable bonds is 5. The Hall–Kier alpha value is -2.16. The van der Waals surface area contributed by atoms with Crippen LogP contribution in [0.15, 0.2) is 42.5 Å². The van der Waals surface area contributed by atoms with Gasteiger partial charge in [-0.25, -0.2) is 9.37 Å². The zero-order chi connectivity index (χ0) is 21.1. The van der Waals surface area contributed by atoms with Crippen LogP contribution >= 0.6 is 34.7 Å². The van der Waals surface area contributed by atoms with Crippen molar-refractivity contribution < 1.29 is 14.0 Å². The number of hydrogen-bond acceptors (Lipinski definition) is 5. The number of aromatic nitrogens is 1. The number of thiazole rings is 1. The van der Waals surface area contributed by atoms with Crippen LogP contribution in [0.25, 0.3) is 10.2 Å². The molecule has 0 aliphatic carbocycles. The molecule has 156 valence electrons. The second-order valence-electron chi connectivity index (χ2n) is 6.87. The van der Waals surface area contributed by atoms with Gasteiger partial charge in [-0.1, -0.05) is 23.7 Å². The highest BCUT2D eigenvalue weighted by molar-refractivity contribution is 7.99. The van der Waals surface area contributed by atoms with Gasteiger partial charge in [-0.2, -0.15) is 0 Å². The van der Waals surface area contributed by atoms with E-state index in [-0.39, 0.29) is 22.4 Å². The minimum atomic E-state index is -0.477. The van der Waals surface area contributed by atoms with Gasteiger partial charge in [0.1, 0.15) is 10.8 Å². The number of benzene rings is 2. The highest BCUT2D eigenvalue weighted by atomic mass is 35.5. The van der Waals surface area contributed by atoms with E-state index < -0.39 is 5.82 Å². The standard InChI is InChI=1S/C21H19ClFN3O2S2/c22-16-11-14(23)5-6-15(16)21(28)26-9-7-25(8-10-26)20(27)13-29-12-19-24-17-3-1-2-4-18(17)30-19/h1-6,11H,7-10,12-13H2. The average molecular weight is 464 g/mol. The molecule has 1 aromatic heterocycles. The fourth-order valence-electron chi connectivity index (χ4n) is 3.29. The van der Waals surface area contributed by atoms with Crippen LogP contribution in [0.4, 0.5) is 4.39 Å². The number of carbonyl (C=O) groups excluding carboxylic acids is 2. The van der Waals surface area contributed by atoms with Gasteiger partial charge in [-0.15, -0.1) is 23.1 Å². The van der Waals surface area contributed by atoms with Crippen LogP contribution in [0.3, 0.4) is 0 Å². The predicted molar refractivity (Wildman–Crippen MR) is 120 cm³/mol. The maximum atomic E-state index is 13.2. The van der Waals surface area contributed by atoms with Gasteiger partial charge in [0.15, 0.2) is 0 Å². The van der Waals surface area contributed by atoms with Gasteiger partial charge in [-0.3, -0.25) is 9.59 Å². The summed E-state index contributed by atoms with van der Waals surface area (Å²) in [6.45, 7) is 1.82. The Kier molecular flexibility index (Phi) is 6.55. The molecule has 5 nitrogen and oxygen atoms in total. The molecule has 1 aliphatic heterocycles. The Bertz CT molecular complexity index is 1050. The molecule has 0 bridgehead atoms. The molecule has 30 heavy (non-hydrogen) atoms. The minimum absolute atomic E-state index is 0.0630. The van der Waals surface area contributed by atoms with Gasteiger partial charge in [-0.05, 0) is 30.3 Å². The van der Waals surface area contributed by atoms with Gasteiger partial charge in [0.05, 0.1) is 26.6 Å². The van der Waals surface area contributed by atoms with Crippen LogP contribution in [0, 0.1) is 5.82 Å². The molecule has 0 saturated carbocycles. The molecule has 1 saturated heterocycles. The van der Waals surface area contributed by atoms with E-state index in [1.165, 1.54) is 12.1 Å². The van der Waals surface area contributed by atoms with Crippen LogP contribution in [0.1, 0.15) is 15.4 Å². The van der Waals surface area contributed by atoms with Gasteiger partial charge in [0.2, 0.25) is 5.91 Å². The quantitative estimate of drug-likeness (QED) is 0.566. The van der Waals surface area contributed by atoms with Crippen molar-refractivity contribution in [2.45, 2.75) is 5.75 Å². The van der Waals surface area contributed by atoms with Gasteiger partial charge >= 0.3 is 0 Å². The van der Waals surface area contributed by atoms with E-state index in [9.17, 15) is 14.0 Å². The zero-order valence-electron chi connectivity index (χ0n) is 16.0. The van der Waals surface area contributed by atoms with Crippen LogP contribution in [-0.2, 0) is 10.5 Å². The molecular weight excluding hydrogens is 445 g/mol. The number of halogens is 2. The largest absolute Gasteiger partial charge is 0.338 e. The fourth-order valence-corrected chi connectivity index (χ4v) is 5.49. The highest BCUT2D eigenvalue weighted by Gasteiger charge is 2.26. The van der Waals surface area contributed by atoms with Crippen molar-refractivity contribution in [1.29, 1.82) is 0 Å². The first-order valence-corrected chi connectivity index (χ1v) is 11.8. The van der Waals surface area contributed by atoms with Gasteiger partial charge in [0.25, 0.3) is 5.91 Å². The lowest BCUT2D eigenvalue weighted by atomic mass is 10.1. The van der Waals surface area contributed by atoms with Gasteiger partial charge < -0.3 is 9.80 Å². The molecular formula is C21H19ClFN3O2S2. The Balaban J connectivity index is 1.25. The maximum Gasteiger partial charge on any atom is 0.255 e. The number of piperazine rings is 1. The Morgan fingerprint density at radius 3 is 2.57 bits per heavy atom. The monoisotopic (exact) mass is 463 g/mol. The number of fused-ring (bicyclic) bond motifs is 1. The Morgan fingerprint density at radius 2 is 1.83 bits per heavy atom. The molecule has 1 fully saturated rings. The molecule has 9 heteroatoms. The van der Waals surface area contributed by atoms with Crippen molar-refractivity contribution in [2.75, 3.05) is 31.9 Å². The average Bonchev–Trinajstić information content (AvgIpc) is 3.16. The SMILES string of the molecule is O=C(CSCc1nc2ccccc2s1)N1CCN(C(=O)c2ccc(F)cc2Cl)CC1. The maximum absolute atomic E-state index is 13.2. The topological polar surface area (TPSA) is 53.5 Å². The number of hydrogen-bond donors (Lipinski definition) is 0. The molecule has 3 aromatic rings. The highest BCUT2D eigenvalue weighted by Crippen LogP contribution is 2.25. The smallest absolute Gasteiger partial charge is 0.255 e. The molecule has 0 spiro atoms. The van der Waals surface area contributed by atoms with Crippen molar-refractivity contribution in [1.82, 2.24) is 14.8 Å². The second kappa shape index (κ2) is 9.32. The third-order valence-corrected chi connectivity index (χ3v) is 7.33. The number of nitrogens with zero attached hydrogens (tertiary/aromatic N) is 3. The predicted octanol–water partition coefficient (Wildman–Crippen LogP) is 4.31. The summed E-state index contributed by atoms with van der Waals surface area (Å²) in [6.07, 6.45) is 0. The van der Waals surface area contributed by atoms with E-state index >= 15 is 0 Å². The first-order valence-electron chi connectivity index (χ1n) is 9.45. The molecule has 4 rings (SSSR count). The van der Waals surface area contributed by atoms with E-state index in [0.717, 1.165) is 21.3 Å². The van der Waals surface area contributed by atoms with E-state index in [1.54, 1.807) is 32.9 Å². The van der Waals surface area contributed by atoms with Crippen LogP contribution in [0.2, 0.25) is 5.02 Å². The molecule has 0 atom stereocenters. The molecule has 2 aromatic carbocycles. The summed E-state index contributed by atoms with van der Waals surface area (Å²) in [5, 5.41) is 1.12. The lowest BCUT2D eigenvalue weighted by Crippen LogP contribution is -2.51. The molecule has 0 unspecified atom stereocenters. The van der Waals surface area contributed by atoms with Crippen molar-refractivity contribution in [3.8, 4) is 0 Å². The fraction of sp³-hybridized carbons (Fsp3) is 0.286. The lowest BCUT2D eigenvalue weighted by molar-refractivity contribution is -0.129. The van der Waals surface area contributed by atoms with Crippen molar-refractivity contribution in [3.05, 3.63) is 63.9 Å². The van der Waals surface area contributed by atoms with E-state index in [4.69, 9.17) is 11.6 Å². The third kappa shape index (κ3) is 4.77. The summed E-state index contributed by atoms with van der Waals surface area (Å²) in [7, 11) is 0. The molecule has 2 amide bonds. The summed E-state index contributed by atoms with van der Waals surface area (Å²) in [5.41, 5.74) is 1.27. The van der Waals surface area contributed by atoms with Crippen LogP contribution < -0.4 is 0 Å². The summed E-state index contributed by atoms with van der Waals surface area (Å²) in [5.74, 6) is 0.431. The molecule has 1 aliphatic rings. The lowest BCUT2D eigenvalue weighted by Gasteiger charge is -2.35. The summed E-state index contributed by atoms with van der Waals surface area (Å²) in [6, 6.07) is 11.8. The summed E-state index contributed by atoms with van der Waals surface area (Å²) in [4.78, 5) is 33.2. The summed E-state index contributed by atoms with van der Waals surface area (Å²) < 4.78 is 14.4. The van der Waals surface area contributed by atoms with Crippen molar-refractivity contribution in [2.24, 2.45) is 0 Å². The van der Waals surface area contributed by atoms with Crippen molar-refractivity contribution >= 4 is 56.7 Å². The third-order valence-electron chi connectivity index (χ3n) is 4.87. The van der Waals surface area contributed by atoms with Crippen LogP contribution in [-0.4, -0.2) is 58.5 Å². The molecule has 0 N–H and O–H groups in total. The second-order valence-corrected chi connectivity index (χ2v) is 9.37. The Morgan fingerprint density at radius 1 is 1.10 bits per heavy atom. The minimum Gasteiger partial charge on any atom is -0.338 e. The van der Waals surface area contributed by atoms with E-state index in [2.05, 4.69) is 4.98 Å². The van der Waals surface area contributed by atoms with Gasteiger partial charge in [0, 0.05) is 31.9 Å². The Labute approximate surface area is 186 Å². The zero-order valence-corrected chi connectivity index (χ0v) is 18.4.